The number of carbonyl (C=O) groups is 1. The lowest BCUT2D eigenvalue weighted by atomic mass is 10.2. The summed E-state index contributed by atoms with van der Waals surface area (Å²) in [6, 6.07) is 9.60. The van der Waals surface area contributed by atoms with Crippen molar-refractivity contribution in [1.29, 1.82) is 0 Å². The van der Waals surface area contributed by atoms with Crippen LogP contribution in [0.3, 0.4) is 0 Å². The number of benzene rings is 1. The fourth-order valence-corrected chi connectivity index (χ4v) is 1.95. The lowest BCUT2D eigenvalue weighted by molar-refractivity contribution is 0.0994. The van der Waals surface area contributed by atoms with Crippen molar-refractivity contribution in [2.75, 3.05) is 0 Å². The van der Waals surface area contributed by atoms with Gasteiger partial charge in [0, 0.05) is 12.6 Å². The first kappa shape index (κ1) is 12.8. The molecule has 0 aliphatic rings. The predicted octanol–water partition coefficient (Wildman–Crippen LogP) is 0.809. The van der Waals surface area contributed by atoms with Gasteiger partial charge in [0.25, 0.3) is 5.91 Å². The van der Waals surface area contributed by atoms with Crippen LogP contribution in [-0.4, -0.2) is 21.4 Å². The molecule has 0 saturated carbocycles. The summed E-state index contributed by atoms with van der Waals surface area (Å²) in [5.41, 5.74) is 12.4. The van der Waals surface area contributed by atoms with E-state index in [0.29, 0.717) is 17.2 Å². The monoisotopic (exact) mass is 257 g/mol. The Morgan fingerprint density at radius 3 is 2.47 bits per heavy atom. The molecule has 0 saturated heterocycles. The van der Waals surface area contributed by atoms with E-state index >= 15 is 0 Å². The highest BCUT2D eigenvalue weighted by Gasteiger charge is 2.18. The van der Waals surface area contributed by atoms with Gasteiger partial charge in [0.15, 0.2) is 5.96 Å². The van der Waals surface area contributed by atoms with Gasteiger partial charge >= 0.3 is 0 Å². The maximum absolute atomic E-state index is 11.9. The molecule has 0 aliphatic heterocycles. The average molecular weight is 257 g/mol. The molecule has 6 heteroatoms. The first-order chi connectivity index (χ1) is 9.00. The van der Waals surface area contributed by atoms with Gasteiger partial charge in [-0.3, -0.25) is 4.79 Å². The number of nitrogens with zero attached hydrogens (tertiary/aromatic N) is 3. The van der Waals surface area contributed by atoms with Crippen LogP contribution >= 0.6 is 0 Å². The summed E-state index contributed by atoms with van der Waals surface area (Å²) in [6.07, 6.45) is 0. The summed E-state index contributed by atoms with van der Waals surface area (Å²) in [4.78, 5) is 19.9. The van der Waals surface area contributed by atoms with Gasteiger partial charge in [-0.1, -0.05) is 30.3 Å². The Hall–Kier alpha value is -2.63. The van der Waals surface area contributed by atoms with Crippen LogP contribution in [0.5, 0.6) is 0 Å². The molecule has 1 aromatic carbocycles. The van der Waals surface area contributed by atoms with Crippen LogP contribution in [-0.2, 0) is 7.05 Å². The van der Waals surface area contributed by atoms with E-state index < -0.39 is 5.91 Å². The highest BCUT2D eigenvalue weighted by Crippen LogP contribution is 2.21. The molecule has 2 rings (SSSR count). The van der Waals surface area contributed by atoms with Crippen LogP contribution in [0.1, 0.15) is 16.2 Å². The van der Waals surface area contributed by atoms with E-state index in [4.69, 9.17) is 11.5 Å². The second kappa shape index (κ2) is 4.93. The van der Waals surface area contributed by atoms with E-state index in [9.17, 15) is 4.79 Å². The standard InChI is InChI=1S/C13H15N5O/c1-8-10(12(19)17-13(14)15)18(2)11(16-8)9-6-4-3-5-7-9/h3-7H,1-2H3,(H4,14,15,17,19). The van der Waals surface area contributed by atoms with Crippen molar-refractivity contribution in [2.45, 2.75) is 6.92 Å². The average Bonchev–Trinajstić information content (AvgIpc) is 2.65. The molecule has 4 N–H and O–H groups in total. The van der Waals surface area contributed by atoms with Crippen molar-refractivity contribution in [3.63, 3.8) is 0 Å². The third kappa shape index (κ3) is 2.47. The summed E-state index contributed by atoms with van der Waals surface area (Å²) in [5.74, 6) is -0.0474. The zero-order valence-corrected chi connectivity index (χ0v) is 10.8. The largest absolute Gasteiger partial charge is 0.370 e. The maximum Gasteiger partial charge on any atom is 0.298 e. The molecule has 6 nitrogen and oxygen atoms in total. The van der Waals surface area contributed by atoms with E-state index in [0.717, 1.165) is 5.56 Å². The second-order valence-corrected chi connectivity index (χ2v) is 4.14. The molecule has 1 amide bonds. The lowest BCUT2D eigenvalue weighted by Crippen LogP contribution is -2.24. The number of carbonyl (C=O) groups excluding carboxylic acids is 1. The van der Waals surface area contributed by atoms with E-state index in [-0.39, 0.29) is 5.96 Å². The molecule has 2 aromatic rings. The Labute approximate surface area is 110 Å². The van der Waals surface area contributed by atoms with E-state index in [1.54, 1.807) is 18.5 Å². The van der Waals surface area contributed by atoms with E-state index in [1.807, 2.05) is 30.3 Å². The Morgan fingerprint density at radius 2 is 1.89 bits per heavy atom. The fraction of sp³-hybridized carbons (Fsp3) is 0.154. The molecule has 98 valence electrons. The van der Waals surface area contributed by atoms with Crippen LogP contribution in [0.4, 0.5) is 0 Å². The van der Waals surface area contributed by atoms with Crippen LogP contribution in [0.25, 0.3) is 11.4 Å². The molecule has 0 fully saturated rings. The number of rotatable bonds is 2. The Balaban J connectivity index is 2.52. The van der Waals surface area contributed by atoms with Crippen molar-refractivity contribution in [3.8, 4) is 11.4 Å². The number of aromatic nitrogens is 2. The number of amides is 1. The minimum Gasteiger partial charge on any atom is -0.370 e. The van der Waals surface area contributed by atoms with Gasteiger partial charge in [-0.2, -0.15) is 4.99 Å². The number of imidazole rings is 1. The molecular formula is C13H15N5O. The van der Waals surface area contributed by atoms with Crippen molar-refractivity contribution >= 4 is 11.9 Å². The summed E-state index contributed by atoms with van der Waals surface area (Å²) in [5, 5.41) is 0. The minimum absolute atomic E-state index is 0.258. The molecule has 0 bridgehead atoms. The quantitative estimate of drug-likeness (QED) is 0.614. The van der Waals surface area contributed by atoms with Gasteiger partial charge in [-0.25, -0.2) is 4.98 Å². The van der Waals surface area contributed by atoms with Gasteiger partial charge in [0.2, 0.25) is 0 Å². The first-order valence-corrected chi connectivity index (χ1v) is 5.73. The van der Waals surface area contributed by atoms with Gasteiger partial charge in [0.05, 0.1) is 5.69 Å². The third-order valence-corrected chi connectivity index (χ3v) is 2.73. The number of guanidine groups is 1. The van der Waals surface area contributed by atoms with Crippen LogP contribution in [0.2, 0.25) is 0 Å². The Bertz CT molecular complexity index is 639. The van der Waals surface area contributed by atoms with Gasteiger partial charge < -0.3 is 16.0 Å². The molecule has 0 unspecified atom stereocenters. The predicted molar refractivity (Wildman–Crippen MR) is 73.5 cm³/mol. The lowest BCUT2D eigenvalue weighted by Gasteiger charge is -2.03. The van der Waals surface area contributed by atoms with Gasteiger partial charge in [0.1, 0.15) is 11.5 Å². The minimum atomic E-state index is -0.491. The number of hydrogen-bond donors (Lipinski definition) is 2. The molecule has 0 radical (unpaired) electrons. The summed E-state index contributed by atoms with van der Waals surface area (Å²) < 4.78 is 1.69. The number of aliphatic imine (C=N–C) groups is 1. The topological polar surface area (TPSA) is 99.3 Å². The molecule has 1 aromatic heterocycles. The summed E-state index contributed by atoms with van der Waals surface area (Å²) in [6.45, 7) is 1.75. The van der Waals surface area contributed by atoms with Crippen molar-refractivity contribution < 1.29 is 4.79 Å². The molecule has 19 heavy (non-hydrogen) atoms. The highest BCUT2D eigenvalue weighted by atomic mass is 16.1. The van der Waals surface area contributed by atoms with E-state index in [2.05, 4.69) is 9.98 Å². The molecule has 0 aliphatic carbocycles. The van der Waals surface area contributed by atoms with Gasteiger partial charge in [-0.15, -0.1) is 0 Å². The normalized spacial score (nSPS) is 10.2. The van der Waals surface area contributed by atoms with Gasteiger partial charge in [-0.05, 0) is 6.92 Å². The van der Waals surface area contributed by atoms with Crippen LogP contribution in [0.15, 0.2) is 35.3 Å². The van der Waals surface area contributed by atoms with Crippen molar-refractivity contribution in [2.24, 2.45) is 23.5 Å². The Morgan fingerprint density at radius 1 is 1.26 bits per heavy atom. The zero-order chi connectivity index (χ0) is 14.0. The number of hydrogen-bond acceptors (Lipinski definition) is 2. The molecule has 0 spiro atoms. The fourth-order valence-electron chi connectivity index (χ4n) is 1.95. The second-order valence-electron chi connectivity index (χ2n) is 4.14. The molecule has 0 atom stereocenters. The Kier molecular flexibility index (Phi) is 3.33. The zero-order valence-electron chi connectivity index (χ0n) is 10.8. The molecular weight excluding hydrogens is 242 g/mol. The van der Waals surface area contributed by atoms with E-state index in [1.165, 1.54) is 0 Å². The van der Waals surface area contributed by atoms with Crippen molar-refractivity contribution in [3.05, 3.63) is 41.7 Å². The SMILES string of the molecule is Cc1nc(-c2ccccc2)n(C)c1C(=O)N=C(N)N. The summed E-state index contributed by atoms with van der Waals surface area (Å²) >= 11 is 0. The van der Waals surface area contributed by atoms with Crippen LogP contribution < -0.4 is 11.5 Å². The van der Waals surface area contributed by atoms with Crippen molar-refractivity contribution in [1.82, 2.24) is 9.55 Å². The third-order valence-electron chi connectivity index (χ3n) is 2.73. The summed E-state index contributed by atoms with van der Waals surface area (Å²) in [7, 11) is 1.76. The molecule has 1 heterocycles. The number of nitrogens with two attached hydrogens (primary N) is 2. The maximum atomic E-state index is 11.9. The first-order valence-electron chi connectivity index (χ1n) is 5.73. The number of aryl methyl sites for hydroxylation is 1. The highest BCUT2D eigenvalue weighted by molar-refractivity contribution is 6.01. The van der Waals surface area contributed by atoms with Crippen LogP contribution in [0, 0.1) is 6.92 Å². The smallest absolute Gasteiger partial charge is 0.298 e.